The van der Waals surface area contributed by atoms with Gasteiger partial charge in [-0.1, -0.05) is 11.6 Å². The molecule has 13 heteroatoms. The lowest BCUT2D eigenvalue weighted by Gasteiger charge is -2.15. The molecule has 1 saturated carbocycles. The van der Waals surface area contributed by atoms with Crippen LogP contribution in [0.3, 0.4) is 0 Å². The van der Waals surface area contributed by atoms with Crippen molar-refractivity contribution in [3.8, 4) is 5.69 Å². The van der Waals surface area contributed by atoms with Gasteiger partial charge in [-0.3, -0.25) is 18.9 Å². The maximum atomic E-state index is 14.4. The van der Waals surface area contributed by atoms with Gasteiger partial charge in [0.15, 0.2) is 5.00 Å². The van der Waals surface area contributed by atoms with E-state index < -0.39 is 56.1 Å². The average Bonchev–Trinajstić information content (AvgIpc) is 3.34. The fourth-order valence-electron chi connectivity index (χ4n) is 2.40. The quantitative estimate of drug-likeness (QED) is 0.568. The Morgan fingerprint density at radius 2 is 1.86 bits per heavy atom. The maximum absolute atomic E-state index is 14.4. The summed E-state index contributed by atoms with van der Waals surface area (Å²) < 4.78 is 69.3. The molecule has 3 rings (SSSR count). The second-order valence-electron chi connectivity index (χ2n) is 6.24. The zero-order valence-corrected chi connectivity index (χ0v) is 16.0. The smallest absolute Gasteiger partial charge is 0.293 e. The van der Waals surface area contributed by atoms with Crippen LogP contribution in [0.1, 0.15) is 28.9 Å². The molecule has 0 atom stereocenters. The highest BCUT2D eigenvalue weighted by atomic mass is 35.5. The topological polar surface area (TPSA) is 73.1 Å². The first-order valence-electron chi connectivity index (χ1n) is 7.91. The van der Waals surface area contributed by atoms with Crippen molar-refractivity contribution in [2.24, 2.45) is 7.05 Å². The molecule has 1 aliphatic carbocycles. The highest BCUT2D eigenvalue weighted by Gasteiger charge is 2.45. The minimum absolute atomic E-state index is 0.130. The van der Waals surface area contributed by atoms with Gasteiger partial charge in [-0.15, -0.1) is 0 Å². The summed E-state index contributed by atoms with van der Waals surface area (Å²) in [6.07, 6.45) is -4.52. The molecule has 1 N–H and O–H groups in total. The van der Waals surface area contributed by atoms with E-state index in [9.17, 15) is 36.3 Å². The number of halogens is 6. The van der Waals surface area contributed by atoms with Crippen molar-refractivity contribution in [3.63, 3.8) is 0 Å². The number of amides is 1. The summed E-state index contributed by atoms with van der Waals surface area (Å²) in [6.45, 7) is 0. The number of aromatic nitrogens is 2. The van der Waals surface area contributed by atoms with Gasteiger partial charge in [-0.2, -0.15) is 13.2 Å². The number of carbonyl (C=O) groups excluding carboxylic acids is 1. The SMILES string of the molecule is Cn1c(C(F)(F)F)cc(=O)n(-c2cc(C(=O)NSC3(F)CC3)c(Cl)cc2F)c1=O. The summed E-state index contributed by atoms with van der Waals surface area (Å²) in [6, 6.07) is 1.49. The first kappa shape index (κ1) is 21.4. The Balaban J connectivity index is 2.10. The summed E-state index contributed by atoms with van der Waals surface area (Å²) in [5.74, 6) is -2.15. The van der Waals surface area contributed by atoms with Crippen LogP contribution in [0.4, 0.5) is 22.0 Å². The lowest BCUT2D eigenvalue weighted by Crippen LogP contribution is -2.41. The fourth-order valence-corrected chi connectivity index (χ4v) is 3.32. The predicted octanol–water partition coefficient (Wildman–Crippen LogP) is 3.19. The number of alkyl halides is 4. The summed E-state index contributed by atoms with van der Waals surface area (Å²) in [5, 5.41) is -2.00. The molecule has 156 valence electrons. The Morgan fingerprint density at radius 3 is 2.41 bits per heavy atom. The normalized spacial score (nSPS) is 15.3. The number of nitrogens with zero attached hydrogens (tertiary/aromatic N) is 2. The first-order chi connectivity index (χ1) is 13.3. The molecule has 6 nitrogen and oxygen atoms in total. The van der Waals surface area contributed by atoms with Crippen molar-refractivity contribution in [1.82, 2.24) is 13.9 Å². The molecule has 0 spiro atoms. The fraction of sp³-hybridized carbons (Fsp3) is 0.312. The van der Waals surface area contributed by atoms with Crippen molar-refractivity contribution in [3.05, 3.63) is 61.1 Å². The van der Waals surface area contributed by atoms with E-state index in [-0.39, 0.29) is 28.0 Å². The summed E-state index contributed by atoms with van der Waals surface area (Å²) in [5.41, 5.74) is -5.63. The molecular weight excluding hydrogens is 445 g/mol. The zero-order valence-electron chi connectivity index (χ0n) is 14.4. The third kappa shape index (κ3) is 4.17. The van der Waals surface area contributed by atoms with Crippen molar-refractivity contribution in [2.75, 3.05) is 0 Å². The van der Waals surface area contributed by atoms with Crippen LogP contribution in [0, 0.1) is 5.82 Å². The predicted molar refractivity (Wildman–Crippen MR) is 95.4 cm³/mol. The molecule has 1 aromatic heterocycles. The van der Waals surface area contributed by atoms with Crippen LogP contribution in [0.15, 0.2) is 27.8 Å². The van der Waals surface area contributed by atoms with Crippen molar-refractivity contribution in [2.45, 2.75) is 24.0 Å². The van der Waals surface area contributed by atoms with Gasteiger partial charge in [0, 0.05) is 13.1 Å². The van der Waals surface area contributed by atoms with E-state index in [0.29, 0.717) is 18.0 Å². The van der Waals surface area contributed by atoms with Crippen molar-refractivity contribution in [1.29, 1.82) is 0 Å². The Kier molecular flexibility index (Phi) is 5.28. The average molecular weight is 456 g/mol. The molecule has 0 saturated heterocycles. The van der Waals surface area contributed by atoms with Gasteiger partial charge in [0.25, 0.3) is 11.5 Å². The molecule has 1 fully saturated rings. The molecule has 1 amide bonds. The van der Waals surface area contributed by atoms with Gasteiger partial charge in [0.2, 0.25) is 0 Å². The van der Waals surface area contributed by atoms with Gasteiger partial charge in [-0.05, 0) is 36.9 Å². The molecule has 0 radical (unpaired) electrons. The molecular formula is C16H11ClF5N3O3S. The Bertz CT molecular complexity index is 1120. The zero-order chi connectivity index (χ0) is 21.7. The molecule has 2 aromatic rings. The summed E-state index contributed by atoms with van der Waals surface area (Å²) >= 11 is 6.32. The van der Waals surface area contributed by atoms with Gasteiger partial charge >= 0.3 is 11.9 Å². The molecule has 1 heterocycles. The van der Waals surface area contributed by atoms with E-state index in [0.717, 1.165) is 13.1 Å². The van der Waals surface area contributed by atoms with Crippen LogP contribution in [0.25, 0.3) is 5.69 Å². The van der Waals surface area contributed by atoms with Crippen LogP contribution >= 0.6 is 23.5 Å². The monoisotopic (exact) mass is 455 g/mol. The number of nitrogens with one attached hydrogen (secondary N) is 1. The highest BCUT2D eigenvalue weighted by Crippen LogP contribution is 2.48. The second kappa shape index (κ2) is 7.17. The van der Waals surface area contributed by atoms with E-state index in [1.54, 1.807) is 0 Å². The molecule has 29 heavy (non-hydrogen) atoms. The third-order valence-corrected chi connectivity index (χ3v) is 5.48. The molecule has 1 aliphatic rings. The second-order valence-corrected chi connectivity index (χ2v) is 7.79. The molecule has 1 aromatic carbocycles. The number of rotatable bonds is 4. The van der Waals surface area contributed by atoms with Crippen LogP contribution < -0.4 is 16.0 Å². The van der Waals surface area contributed by atoms with E-state index in [1.165, 1.54) is 0 Å². The van der Waals surface area contributed by atoms with Crippen LogP contribution in [0.5, 0.6) is 0 Å². The number of hydrogen-bond acceptors (Lipinski definition) is 4. The number of carbonyl (C=O) groups is 1. The number of hydrogen-bond donors (Lipinski definition) is 1. The Morgan fingerprint density at radius 1 is 1.24 bits per heavy atom. The highest BCUT2D eigenvalue weighted by molar-refractivity contribution is 7.99. The van der Waals surface area contributed by atoms with Crippen LogP contribution in [-0.2, 0) is 13.2 Å². The lowest BCUT2D eigenvalue weighted by molar-refractivity contribution is -0.144. The summed E-state index contributed by atoms with van der Waals surface area (Å²) in [4.78, 5) is 36.7. The Labute approximate surface area is 168 Å². The van der Waals surface area contributed by atoms with Gasteiger partial charge < -0.3 is 0 Å². The minimum Gasteiger partial charge on any atom is -0.293 e. The largest absolute Gasteiger partial charge is 0.431 e. The maximum Gasteiger partial charge on any atom is 0.431 e. The van der Waals surface area contributed by atoms with E-state index in [2.05, 4.69) is 4.72 Å². The van der Waals surface area contributed by atoms with Gasteiger partial charge in [0.05, 0.1) is 16.3 Å². The molecule has 0 aliphatic heterocycles. The first-order valence-corrected chi connectivity index (χ1v) is 9.10. The summed E-state index contributed by atoms with van der Waals surface area (Å²) in [7, 11) is 0.759. The molecule has 0 bridgehead atoms. The van der Waals surface area contributed by atoms with E-state index in [1.807, 2.05) is 0 Å². The molecule has 0 unspecified atom stereocenters. The van der Waals surface area contributed by atoms with Crippen LogP contribution in [-0.4, -0.2) is 20.0 Å². The Hall–Kier alpha value is -2.34. The standard InChI is InChI=1S/C16H11ClF5N3O3S/c1-24-11(16(20,21)22)6-12(26)25(14(24)28)10-4-7(8(17)5-9(10)18)13(27)23-29-15(19)2-3-15/h4-6H,2-3H2,1H3,(H,23,27). The van der Waals surface area contributed by atoms with Crippen molar-refractivity contribution >= 4 is 29.5 Å². The van der Waals surface area contributed by atoms with E-state index >= 15 is 0 Å². The van der Waals surface area contributed by atoms with Gasteiger partial charge in [-0.25, -0.2) is 18.1 Å². The number of benzene rings is 1. The van der Waals surface area contributed by atoms with Gasteiger partial charge in [0.1, 0.15) is 11.5 Å². The van der Waals surface area contributed by atoms with Crippen molar-refractivity contribution < 1.29 is 26.7 Å². The third-order valence-electron chi connectivity index (χ3n) is 4.10. The minimum atomic E-state index is -4.99. The lowest BCUT2D eigenvalue weighted by atomic mass is 10.1. The van der Waals surface area contributed by atoms with Crippen LogP contribution in [0.2, 0.25) is 5.02 Å². The van der Waals surface area contributed by atoms with E-state index in [4.69, 9.17) is 11.6 Å².